The average Bonchev–Trinajstić information content (AvgIpc) is 3.34. The van der Waals surface area contributed by atoms with Crippen LogP contribution in [0.5, 0.6) is 5.88 Å². The molecule has 0 bridgehead atoms. The molecule has 1 fully saturated rings. The number of nitrogens with zero attached hydrogens (tertiary/aromatic N) is 5. The maximum atomic E-state index is 12.2. The van der Waals surface area contributed by atoms with Crippen molar-refractivity contribution in [3.8, 4) is 17.3 Å². The number of carbonyl (C=O) groups is 1. The number of carbonyl (C=O) groups excluding carboxylic acids is 1. The van der Waals surface area contributed by atoms with Crippen molar-refractivity contribution in [2.45, 2.75) is 25.8 Å². The van der Waals surface area contributed by atoms with Crippen molar-refractivity contribution in [2.24, 2.45) is 0 Å². The first-order valence-corrected chi connectivity index (χ1v) is 10.3. The number of rotatable bonds is 8. The Morgan fingerprint density at radius 1 is 1.16 bits per heavy atom. The van der Waals surface area contributed by atoms with Gasteiger partial charge < -0.3 is 19.4 Å². The van der Waals surface area contributed by atoms with E-state index in [0.29, 0.717) is 17.3 Å². The number of piperidine rings is 1. The van der Waals surface area contributed by atoms with Crippen molar-refractivity contribution in [1.82, 2.24) is 24.8 Å². The lowest BCUT2D eigenvalue weighted by Crippen LogP contribution is -2.34. The summed E-state index contributed by atoms with van der Waals surface area (Å²) in [4.78, 5) is 39.2. The SMILES string of the molecule is O=C(Cn1cnc(-c2ccco2)cc1=O)NCCOc1cc(N2CCCCC2)ncn1. The van der Waals surface area contributed by atoms with Crippen molar-refractivity contribution in [2.75, 3.05) is 31.1 Å². The molecule has 3 aromatic heterocycles. The first kappa shape index (κ1) is 20.6. The van der Waals surface area contributed by atoms with Crippen LogP contribution in [0.1, 0.15) is 19.3 Å². The minimum atomic E-state index is -0.334. The lowest BCUT2D eigenvalue weighted by molar-refractivity contribution is -0.121. The van der Waals surface area contributed by atoms with Gasteiger partial charge in [-0.3, -0.25) is 14.2 Å². The second kappa shape index (κ2) is 9.88. The molecule has 0 aromatic carbocycles. The molecule has 4 rings (SSSR count). The highest BCUT2D eigenvalue weighted by atomic mass is 16.5. The third-order valence-electron chi connectivity index (χ3n) is 4.95. The van der Waals surface area contributed by atoms with Gasteiger partial charge in [0.1, 0.15) is 31.0 Å². The zero-order chi connectivity index (χ0) is 21.5. The van der Waals surface area contributed by atoms with Gasteiger partial charge in [0, 0.05) is 25.2 Å². The number of hydrogen-bond acceptors (Lipinski definition) is 8. The Bertz CT molecular complexity index is 1060. The fraction of sp³-hybridized carbons (Fsp3) is 0.381. The summed E-state index contributed by atoms with van der Waals surface area (Å²) in [5, 5.41) is 2.72. The molecule has 31 heavy (non-hydrogen) atoms. The van der Waals surface area contributed by atoms with Crippen LogP contribution in [0.15, 0.2) is 52.4 Å². The van der Waals surface area contributed by atoms with E-state index in [1.807, 2.05) is 6.07 Å². The maximum absolute atomic E-state index is 12.2. The summed E-state index contributed by atoms with van der Waals surface area (Å²) in [6.07, 6.45) is 7.91. The van der Waals surface area contributed by atoms with Gasteiger partial charge in [0.05, 0.1) is 19.1 Å². The second-order valence-electron chi connectivity index (χ2n) is 7.18. The van der Waals surface area contributed by atoms with Gasteiger partial charge in [0.25, 0.3) is 5.56 Å². The maximum Gasteiger partial charge on any atom is 0.254 e. The van der Waals surface area contributed by atoms with Crippen molar-refractivity contribution in [3.05, 3.63) is 53.5 Å². The highest BCUT2D eigenvalue weighted by Gasteiger charge is 2.13. The summed E-state index contributed by atoms with van der Waals surface area (Å²) < 4.78 is 12.1. The molecule has 0 atom stereocenters. The summed E-state index contributed by atoms with van der Waals surface area (Å²) in [6.45, 7) is 2.39. The molecule has 0 radical (unpaired) electrons. The van der Waals surface area contributed by atoms with E-state index in [1.165, 1.54) is 36.0 Å². The van der Waals surface area contributed by atoms with E-state index in [9.17, 15) is 9.59 Å². The Kier molecular flexibility index (Phi) is 6.56. The minimum absolute atomic E-state index is 0.128. The van der Waals surface area contributed by atoms with Gasteiger partial charge in [-0.15, -0.1) is 0 Å². The van der Waals surface area contributed by atoms with Crippen LogP contribution in [0.25, 0.3) is 11.5 Å². The van der Waals surface area contributed by atoms with E-state index in [1.54, 1.807) is 12.1 Å². The lowest BCUT2D eigenvalue weighted by atomic mass is 10.1. The van der Waals surface area contributed by atoms with Gasteiger partial charge in [-0.05, 0) is 31.4 Å². The number of aromatic nitrogens is 4. The molecule has 0 aliphatic carbocycles. The van der Waals surface area contributed by atoms with Crippen LogP contribution in [-0.4, -0.2) is 51.7 Å². The van der Waals surface area contributed by atoms with Gasteiger partial charge in [-0.1, -0.05) is 0 Å². The quantitative estimate of drug-likeness (QED) is 0.541. The van der Waals surface area contributed by atoms with Crippen molar-refractivity contribution in [1.29, 1.82) is 0 Å². The molecule has 1 amide bonds. The minimum Gasteiger partial charge on any atom is -0.476 e. The van der Waals surface area contributed by atoms with E-state index < -0.39 is 0 Å². The zero-order valence-corrected chi connectivity index (χ0v) is 17.1. The molecule has 3 aromatic rings. The molecule has 1 N–H and O–H groups in total. The molecule has 162 valence electrons. The Morgan fingerprint density at radius 3 is 2.81 bits per heavy atom. The average molecular weight is 424 g/mol. The van der Waals surface area contributed by atoms with Crippen molar-refractivity contribution >= 4 is 11.7 Å². The van der Waals surface area contributed by atoms with Crippen molar-refractivity contribution in [3.63, 3.8) is 0 Å². The van der Waals surface area contributed by atoms with Crippen LogP contribution in [0.2, 0.25) is 0 Å². The molecule has 1 aliphatic rings. The van der Waals surface area contributed by atoms with E-state index in [0.717, 1.165) is 31.7 Å². The molecular weight excluding hydrogens is 400 g/mol. The Balaban J connectivity index is 1.23. The molecule has 0 saturated carbocycles. The van der Waals surface area contributed by atoms with E-state index in [-0.39, 0.29) is 31.2 Å². The molecule has 10 nitrogen and oxygen atoms in total. The van der Waals surface area contributed by atoms with Crippen LogP contribution in [0.4, 0.5) is 5.82 Å². The summed E-state index contributed by atoms with van der Waals surface area (Å²) in [5.41, 5.74) is 0.0906. The Labute approximate surface area is 178 Å². The van der Waals surface area contributed by atoms with E-state index in [4.69, 9.17) is 9.15 Å². The molecule has 1 saturated heterocycles. The largest absolute Gasteiger partial charge is 0.476 e. The highest BCUT2D eigenvalue weighted by molar-refractivity contribution is 5.75. The Hall–Kier alpha value is -3.69. The molecule has 10 heteroatoms. The molecule has 1 aliphatic heterocycles. The van der Waals surface area contributed by atoms with Crippen LogP contribution in [0.3, 0.4) is 0 Å². The van der Waals surface area contributed by atoms with E-state index in [2.05, 4.69) is 25.2 Å². The fourth-order valence-electron chi connectivity index (χ4n) is 3.37. The first-order valence-electron chi connectivity index (χ1n) is 10.3. The third-order valence-corrected chi connectivity index (χ3v) is 4.95. The van der Waals surface area contributed by atoms with Crippen molar-refractivity contribution < 1.29 is 13.9 Å². The Morgan fingerprint density at radius 2 is 2.03 bits per heavy atom. The topological polar surface area (TPSA) is 115 Å². The second-order valence-corrected chi connectivity index (χ2v) is 7.18. The van der Waals surface area contributed by atoms with Crippen LogP contribution in [0, 0.1) is 0 Å². The standard InChI is InChI=1S/C21H24N6O4/c28-19(13-27-15-25-16(11-21(27)29)17-5-4-9-30-17)22-6-10-31-20-12-18(23-14-24-20)26-7-2-1-3-8-26/h4-5,9,11-12,14-15H,1-3,6-8,10,13H2,(H,22,28). The third kappa shape index (κ3) is 5.47. The number of hydrogen-bond donors (Lipinski definition) is 1. The van der Waals surface area contributed by atoms with Gasteiger partial charge in [-0.2, -0.15) is 0 Å². The number of nitrogens with one attached hydrogen (secondary N) is 1. The van der Waals surface area contributed by atoms with Gasteiger partial charge >= 0.3 is 0 Å². The van der Waals surface area contributed by atoms with Gasteiger partial charge in [0.15, 0.2) is 5.76 Å². The lowest BCUT2D eigenvalue weighted by Gasteiger charge is -2.27. The van der Waals surface area contributed by atoms with E-state index >= 15 is 0 Å². The highest BCUT2D eigenvalue weighted by Crippen LogP contribution is 2.20. The summed E-state index contributed by atoms with van der Waals surface area (Å²) in [5.74, 6) is 1.52. The summed E-state index contributed by atoms with van der Waals surface area (Å²) in [7, 11) is 0. The first-order chi connectivity index (χ1) is 15.2. The monoisotopic (exact) mass is 424 g/mol. The predicted octanol–water partition coefficient (Wildman–Crippen LogP) is 1.48. The molecule has 4 heterocycles. The summed E-state index contributed by atoms with van der Waals surface area (Å²) in [6, 6.07) is 6.59. The fourth-order valence-corrected chi connectivity index (χ4v) is 3.37. The number of anilines is 1. The molecule has 0 unspecified atom stereocenters. The number of ether oxygens (including phenoxy) is 1. The van der Waals surface area contributed by atoms with Crippen LogP contribution < -0.4 is 20.5 Å². The smallest absolute Gasteiger partial charge is 0.254 e. The predicted molar refractivity (Wildman–Crippen MR) is 113 cm³/mol. The summed E-state index contributed by atoms with van der Waals surface area (Å²) >= 11 is 0. The number of amides is 1. The molecular formula is C21H24N6O4. The van der Waals surface area contributed by atoms with Gasteiger partial charge in [0.2, 0.25) is 11.8 Å². The van der Waals surface area contributed by atoms with Crippen LogP contribution in [-0.2, 0) is 11.3 Å². The number of furan rings is 1. The zero-order valence-electron chi connectivity index (χ0n) is 17.1. The van der Waals surface area contributed by atoms with Gasteiger partial charge in [-0.25, -0.2) is 15.0 Å². The normalized spacial score (nSPS) is 13.7. The molecule has 0 spiro atoms. The van der Waals surface area contributed by atoms with Crippen LogP contribution >= 0.6 is 0 Å².